The molecule has 0 saturated carbocycles. The van der Waals surface area contributed by atoms with E-state index in [9.17, 15) is 5.26 Å². The van der Waals surface area contributed by atoms with Crippen molar-refractivity contribution in [3.05, 3.63) is 88.2 Å². The number of nitriles is 1. The quantitative estimate of drug-likeness (QED) is 0.228. The zero-order chi connectivity index (χ0) is 23.8. The third-order valence-corrected chi connectivity index (χ3v) is 6.37. The summed E-state index contributed by atoms with van der Waals surface area (Å²) in [5.41, 5.74) is 12.5. The summed E-state index contributed by atoms with van der Waals surface area (Å²) in [6.45, 7) is 8.18. The van der Waals surface area contributed by atoms with Crippen molar-refractivity contribution in [1.29, 1.82) is 5.26 Å². The lowest BCUT2D eigenvalue weighted by Crippen LogP contribution is -2.35. The van der Waals surface area contributed by atoms with Crippen LogP contribution in [0.4, 0.5) is 5.82 Å². The van der Waals surface area contributed by atoms with Crippen molar-refractivity contribution < 1.29 is 4.68 Å². The molecule has 0 aliphatic carbocycles. The molecule has 0 spiro atoms. The molecule has 5 rings (SSSR count). The Balaban J connectivity index is 1.62. The summed E-state index contributed by atoms with van der Waals surface area (Å²) in [6.07, 6.45) is 2.61. The highest BCUT2D eigenvalue weighted by atomic mass is 15.3. The predicted octanol–water partition coefficient (Wildman–Crippen LogP) is 4.90. The van der Waals surface area contributed by atoms with Gasteiger partial charge in [0.1, 0.15) is 11.9 Å². The van der Waals surface area contributed by atoms with Crippen molar-refractivity contribution in [2.75, 3.05) is 5.43 Å². The van der Waals surface area contributed by atoms with E-state index in [4.69, 9.17) is 4.98 Å². The van der Waals surface area contributed by atoms with Crippen LogP contribution in [-0.2, 0) is 6.42 Å². The molecule has 0 atom stereocenters. The Morgan fingerprint density at radius 1 is 1.12 bits per heavy atom. The zero-order valence-corrected chi connectivity index (χ0v) is 19.7. The second-order valence-electron chi connectivity index (χ2n) is 8.33. The molecule has 0 aliphatic heterocycles. The number of aromatic nitrogens is 4. The summed E-state index contributed by atoms with van der Waals surface area (Å²) in [5.74, 6) is 0.834. The number of hydrazone groups is 1. The maximum absolute atomic E-state index is 9.88. The van der Waals surface area contributed by atoms with Gasteiger partial charge >= 0.3 is 0 Å². The van der Waals surface area contributed by atoms with Gasteiger partial charge in [0.25, 0.3) is 0 Å². The third-order valence-electron chi connectivity index (χ3n) is 6.37. The number of nitrogens with one attached hydrogen (secondary N) is 2. The molecule has 0 saturated heterocycles. The van der Waals surface area contributed by atoms with Gasteiger partial charge in [0.05, 0.1) is 34.1 Å². The van der Waals surface area contributed by atoms with Crippen LogP contribution in [0.15, 0.2) is 59.7 Å². The molecule has 0 bridgehead atoms. The van der Waals surface area contributed by atoms with Crippen molar-refractivity contribution in [2.45, 2.75) is 34.1 Å². The van der Waals surface area contributed by atoms with Crippen molar-refractivity contribution in [3.8, 4) is 11.8 Å². The Labute approximate surface area is 198 Å². The number of pyridine rings is 1. The molecule has 7 heteroatoms. The fraction of sp³-hybridized carbons (Fsp3) is 0.185. The minimum Gasteiger partial charge on any atom is -0.276 e. The van der Waals surface area contributed by atoms with Crippen molar-refractivity contribution in [3.63, 3.8) is 0 Å². The number of hydrogen-bond acceptors (Lipinski definition) is 4. The molecule has 0 fully saturated rings. The number of para-hydroxylation sites is 3. The molecule has 168 valence electrons. The average molecular weight is 449 g/mol. The predicted molar refractivity (Wildman–Crippen MR) is 135 cm³/mol. The van der Waals surface area contributed by atoms with Gasteiger partial charge in [-0.2, -0.15) is 15.5 Å². The molecular weight excluding hydrogens is 422 g/mol. The second-order valence-corrected chi connectivity index (χ2v) is 8.33. The van der Waals surface area contributed by atoms with Gasteiger partial charge in [-0.15, -0.1) is 0 Å². The maximum Gasteiger partial charge on any atom is 0.235 e. The number of nitrogens with zero attached hydrogens (tertiary/aromatic N) is 5. The molecule has 2 aromatic carbocycles. The second kappa shape index (κ2) is 8.49. The number of aryl methyl sites for hydroxylation is 1. The molecular formula is C27H26N7+. The van der Waals surface area contributed by atoms with Gasteiger partial charge in [0.2, 0.25) is 11.4 Å². The fourth-order valence-corrected chi connectivity index (χ4v) is 4.62. The van der Waals surface area contributed by atoms with E-state index in [0.29, 0.717) is 11.2 Å². The Morgan fingerprint density at radius 2 is 1.85 bits per heavy atom. The number of H-pyrrole nitrogens is 1. The lowest BCUT2D eigenvalue weighted by molar-refractivity contribution is -0.661. The topological polar surface area (TPSA) is 85.2 Å². The van der Waals surface area contributed by atoms with Crippen LogP contribution in [0.3, 0.4) is 0 Å². The van der Waals surface area contributed by atoms with Crippen LogP contribution in [0, 0.1) is 32.1 Å². The van der Waals surface area contributed by atoms with Crippen LogP contribution in [0.25, 0.3) is 22.4 Å². The van der Waals surface area contributed by atoms with Crippen LogP contribution < -0.4 is 10.1 Å². The lowest BCUT2D eigenvalue weighted by atomic mass is 10.0. The monoisotopic (exact) mass is 448 g/mol. The van der Waals surface area contributed by atoms with Crippen molar-refractivity contribution >= 4 is 28.7 Å². The number of imidazole rings is 1. The van der Waals surface area contributed by atoms with E-state index < -0.39 is 0 Å². The minimum absolute atomic E-state index is 0.601. The largest absolute Gasteiger partial charge is 0.276 e. The molecule has 0 unspecified atom stereocenters. The van der Waals surface area contributed by atoms with Gasteiger partial charge in [-0.05, 0) is 43.5 Å². The first-order chi connectivity index (χ1) is 16.5. The smallest absolute Gasteiger partial charge is 0.235 e. The van der Waals surface area contributed by atoms with Gasteiger partial charge in [0.15, 0.2) is 5.65 Å². The number of anilines is 1. The number of aromatic amines is 1. The van der Waals surface area contributed by atoms with E-state index in [2.05, 4.69) is 52.4 Å². The summed E-state index contributed by atoms with van der Waals surface area (Å²) in [5, 5.41) is 17.9. The normalized spacial score (nSPS) is 11.5. The maximum atomic E-state index is 9.88. The van der Waals surface area contributed by atoms with Crippen LogP contribution in [0.2, 0.25) is 0 Å². The molecule has 7 nitrogen and oxygen atoms in total. The number of rotatable bonds is 5. The van der Waals surface area contributed by atoms with E-state index >= 15 is 0 Å². The first-order valence-corrected chi connectivity index (χ1v) is 11.3. The Morgan fingerprint density at radius 3 is 2.59 bits per heavy atom. The summed E-state index contributed by atoms with van der Waals surface area (Å²) in [6, 6.07) is 20.5. The van der Waals surface area contributed by atoms with Gasteiger partial charge in [-0.3, -0.25) is 9.83 Å². The van der Waals surface area contributed by atoms with E-state index in [1.165, 1.54) is 0 Å². The fourth-order valence-electron chi connectivity index (χ4n) is 4.62. The highest BCUT2D eigenvalue weighted by Crippen LogP contribution is 2.31. The van der Waals surface area contributed by atoms with E-state index in [0.717, 1.165) is 57.0 Å². The van der Waals surface area contributed by atoms with E-state index in [1.807, 2.05) is 66.9 Å². The molecule has 2 N–H and O–H groups in total. The molecule has 0 aliphatic rings. The molecule has 3 aromatic heterocycles. The number of benzene rings is 2. The average Bonchev–Trinajstić information content (AvgIpc) is 3.37. The molecule has 34 heavy (non-hydrogen) atoms. The number of fused-ring (bicyclic) bond motifs is 3. The summed E-state index contributed by atoms with van der Waals surface area (Å²) >= 11 is 0. The van der Waals surface area contributed by atoms with Crippen molar-refractivity contribution in [1.82, 2.24) is 14.5 Å². The van der Waals surface area contributed by atoms with Gasteiger partial charge in [0, 0.05) is 19.1 Å². The van der Waals surface area contributed by atoms with Crippen LogP contribution >= 0.6 is 0 Å². The third kappa shape index (κ3) is 3.32. The standard InChI is InChI=1S/C27H25N7/c1-5-21-17(2)22(15-28)26-30-24-13-9-10-14-25(24)33(26)27(21)31-29-16-23-18(3)32-34(19(23)4)20-11-7-6-8-12-20/h6-14,16H,5H2,1-4H3,(H,30,31)/p+1. The first kappa shape index (κ1) is 21.4. The molecule has 3 heterocycles. The van der Waals surface area contributed by atoms with Gasteiger partial charge in [-0.1, -0.05) is 41.9 Å². The minimum atomic E-state index is 0.601. The van der Waals surface area contributed by atoms with E-state index in [1.54, 1.807) is 0 Å². The lowest BCUT2D eigenvalue weighted by Gasteiger charge is -2.15. The Hall–Kier alpha value is -4.44. The van der Waals surface area contributed by atoms with Crippen LogP contribution in [-0.4, -0.2) is 20.7 Å². The number of hydrogen-bond donors (Lipinski definition) is 2. The van der Waals surface area contributed by atoms with Crippen LogP contribution in [0.5, 0.6) is 0 Å². The summed E-state index contributed by atoms with van der Waals surface area (Å²) in [7, 11) is 0. The summed E-state index contributed by atoms with van der Waals surface area (Å²) < 4.78 is 4.07. The molecule has 5 aromatic rings. The zero-order valence-electron chi connectivity index (χ0n) is 19.7. The Kier molecular flexibility index (Phi) is 5.34. The van der Waals surface area contributed by atoms with Crippen LogP contribution in [0.1, 0.15) is 40.6 Å². The Bertz CT molecular complexity index is 1600. The van der Waals surface area contributed by atoms with Gasteiger partial charge < -0.3 is 0 Å². The van der Waals surface area contributed by atoms with E-state index in [-0.39, 0.29) is 0 Å². The molecule has 0 amide bonds. The van der Waals surface area contributed by atoms with Crippen molar-refractivity contribution in [2.24, 2.45) is 5.10 Å². The molecule has 0 radical (unpaired) electrons. The summed E-state index contributed by atoms with van der Waals surface area (Å²) in [4.78, 5) is 4.75. The first-order valence-electron chi connectivity index (χ1n) is 11.3. The highest BCUT2D eigenvalue weighted by molar-refractivity contribution is 5.87. The van der Waals surface area contributed by atoms with Gasteiger partial charge in [-0.25, -0.2) is 4.98 Å². The highest BCUT2D eigenvalue weighted by Gasteiger charge is 2.21. The SMILES string of the molecule is CCc1c(C)c(C#N)c2nc3ccccc3n2c1NN=Cc1c(C)[nH][n+](-c2ccccc2)c1C.